The van der Waals surface area contributed by atoms with E-state index in [1.165, 1.54) is 4.31 Å². The maximum atomic E-state index is 12.9. The molecule has 1 fully saturated rings. The molecule has 1 aliphatic heterocycles. The van der Waals surface area contributed by atoms with E-state index in [4.69, 9.17) is 4.74 Å². The zero-order valence-corrected chi connectivity index (χ0v) is 17.6. The minimum Gasteiger partial charge on any atom is -0.493 e. The number of ether oxygens (including phenoxy) is 1. The molecule has 2 aromatic carbocycles. The molecule has 6 nitrogen and oxygen atoms in total. The molecule has 0 N–H and O–H groups in total. The quantitative estimate of drug-likeness (QED) is 0.664. The van der Waals surface area contributed by atoms with Crippen LogP contribution in [0.2, 0.25) is 0 Å². The first-order valence-electron chi connectivity index (χ1n) is 10.1. The van der Waals surface area contributed by atoms with Crippen molar-refractivity contribution in [2.45, 2.75) is 31.1 Å². The Bertz CT molecular complexity index is 890. The average Bonchev–Trinajstić information content (AvgIpc) is 2.75. The van der Waals surface area contributed by atoms with Gasteiger partial charge >= 0.3 is 0 Å². The van der Waals surface area contributed by atoms with Gasteiger partial charge in [0.05, 0.1) is 17.9 Å². The summed E-state index contributed by atoms with van der Waals surface area (Å²) < 4.78 is 32.8. The van der Waals surface area contributed by atoms with E-state index in [0.29, 0.717) is 37.7 Å². The van der Waals surface area contributed by atoms with Crippen molar-refractivity contribution in [3.63, 3.8) is 0 Å². The van der Waals surface area contributed by atoms with Crippen LogP contribution in [0.4, 0.5) is 0 Å². The number of sulfonamides is 1. The normalized spacial score (nSPS) is 15.3. The Morgan fingerprint density at radius 1 is 0.966 bits per heavy atom. The van der Waals surface area contributed by atoms with Gasteiger partial charge in [-0.3, -0.25) is 4.79 Å². The fourth-order valence-corrected chi connectivity index (χ4v) is 4.80. The molecule has 1 heterocycles. The lowest BCUT2D eigenvalue weighted by Gasteiger charge is -2.34. The molecule has 0 bridgehead atoms. The fourth-order valence-electron chi connectivity index (χ4n) is 3.37. The van der Waals surface area contributed by atoms with E-state index >= 15 is 0 Å². The van der Waals surface area contributed by atoms with E-state index in [-0.39, 0.29) is 12.3 Å². The number of aryl methyl sites for hydroxylation is 1. The molecule has 0 aliphatic carbocycles. The lowest BCUT2D eigenvalue weighted by atomic mass is 10.1. The summed E-state index contributed by atoms with van der Waals surface area (Å²) in [5, 5.41) is 0. The molecular weight excluding hydrogens is 388 g/mol. The SMILES string of the molecule is CCCc1ccc(S(=O)(=O)N2CCN(C(=O)CCOc3ccccc3)CC2)cc1. The zero-order chi connectivity index (χ0) is 20.7. The van der Waals surface area contributed by atoms with Crippen molar-refractivity contribution < 1.29 is 17.9 Å². The van der Waals surface area contributed by atoms with Crippen LogP contribution in [-0.4, -0.2) is 56.3 Å². The van der Waals surface area contributed by atoms with Crippen LogP contribution in [0.3, 0.4) is 0 Å². The molecule has 0 spiro atoms. The second-order valence-corrected chi connectivity index (χ2v) is 9.03. The van der Waals surface area contributed by atoms with Crippen molar-refractivity contribution in [2.24, 2.45) is 0 Å². The van der Waals surface area contributed by atoms with Crippen molar-refractivity contribution in [3.05, 3.63) is 60.2 Å². The zero-order valence-electron chi connectivity index (χ0n) is 16.8. The first-order valence-corrected chi connectivity index (χ1v) is 11.5. The molecule has 0 unspecified atom stereocenters. The molecule has 0 atom stereocenters. The van der Waals surface area contributed by atoms with Crippen molar-refractivity contribution in [1.82, 2.24) is 9.21 Å². The first kappa shape index (κ1) is 21.3. The Hall–Kier alpha value is -2.38. The van der Waals surface area contributed by atoms with Gasteiger partial charge in [0.2, 0.25) is 15.9 Å². The summed E-state index contributed by atoms with van der Waals surface area (Å²) >= 11 is 0. The summed E-state index contributed by atoms with van der Waals surface area (Å²) in [6.45, 7) is 3.83. The van der Waals surface area contributed by atoms with Gasteiger partial charge in [-0.05, 0) is 36.2 Å². The predicted octanol–water partition coefficient (Wildman–Crippen LogP) is 2.94. The molecule has 1 amide bonds. The number of nitrogens with zero attached hydrogens (tertiary/aromatic N) is 2. The second-order valence-electron chi connectivity index (χ2n) is 7.09. The Morgan fingerprint density at radius 2 is 1.62 bits per heavy atom. The van der Waals surface area contributed by atoms with Crippen LogP contribution in [0.5, 0.6) is 5.75 Å². The van der Waals surface area contributed by atoms with Gasteiger partial charge < -0.3 is 9.64 Å². The summed E-state index contributed by atoms with van der Waals surface area (Å²) in [4.78, 5) is 14.4. The van der Waals surface area contributed by atoms with Gasteiger partial charge in [0.1, 0.15) is 5.75 Å². The van der Waals surface area contributed by atoms with Gasteiger partial charge in [-0.15, -0.1) is 0 Å². The number of carbonyl (C=O) groups is 1. The van der Waals surface area contributed by atoms with Crippen LogP contribution in [0.25, 0.3) is 0 Å². The second kappa shape index (κ2) is 9.89. The number of amides is 1. The third kappa shape index (κ3) is 5.58. The smallest absolute Gasteiger partial charge is 0.243 e. The Kier molecular flexibility index (Phi) is 7.28. The van der Waals surface area contributed by atoms with Crippen molar-refractivity contribution in [2.75, 3.05) is 32.8 Å². The highest BCUT2D eigenvalue weighted by Gasteiger charge is 2.29. The lowest BCUT2D eigenvalue weighted by molar-refractivity contribution is -0.132. The summed E-state index contributed by atoms with van der Waals surface area (Å²) in [6.07, 6.45) is 2.24. The van der Waals surface area contributed by atoms with Crippen molar-refractivity contribution in [1.29, 1.82) is 0 Å². The number of rotatable bonds is 8. The van der Waals surface area contributed by atoms with Gasteiger partial charge in [0, 0.05) is 26.2 Å². The maximum absolute atomic E-state index is 12.9. The van der Waals surface area contributed by atoms with E-state index in [0.717, 1.165) is 24.2 Å². The molecule has 156 valence electrons. The number of piperazine rings is 1. The van der Waals surface area contributed by atoms with Crippen LogP contribution in [0.15, 0.2) is 59.5 Å². The van der Waals surface area contributed by atoms with Gasteiger partial charge in [0.15, 0.2) is 0 Å². The highest BCUT2D eigenvalue weighted by Crippen LogP contribution is 2.19. The van der Waals surface area contributed by atoms with E-state index < -0.39 is 10.0 Å². The standard InChI is InChI=1S/C22H28N2O4S/c1-2-6-19-9-11-21(12-10-19)29(26,27)24-16-14-23(15-17-24)22(25)13-18-28-20-7-4-3-5-8-20/h3-5,7-12H,2,6,13-18H2,1H3. The number of carbonyl (C=O) groups excluding carboxylic acids is 1. The third-order valence-corrected chi connectivity index (χ3v) is 6.93. The molecule has 7 heteroatoms. The van der Waals surface area contributed by atoms with Crippen LogP contribution in [0, 0.1) is 0 Å². The third-order valence-electron chi connectivity index (χ3n) is 5.02. The van der Waals surface area contributed by atoms with Gasteiger partial charge in [-0.1, -0.05) is 43.7 Å². The van der Waals surface area contributed by atoms with Crippen molar-refractivity contribution >= 4 is 15.9 Å². The fraction of sp³-hybridized carbons (Fsp3) is 0.409. The van der Waals surface area contributed by atoms with Crippen LogP contribution >= 0.6 is 0 Å². The summed E-state index contributed by atoms with van der Waals surface area (Å²) in [6, 6.07) is 16.5. The van der Waals surface area contributed by atoms with Gasteiger partial charge in [-0.25, -0.2) is 8.42 Å². The van der Waals surface area contributed by atoms with E-state index in [2.05, 4.69) is 6.92 Å². The summed E-state index contributed by atoms with van der Waals surface area (Å²) in [5.41, 5.74) is 1.14. The Labute approximate surface area is 173 Å². The van der Waals surface area contributed by atoms with Crippen LogP contribution in [0.1, 0.15) is 25.3 Å². The predicted molar refractivity (Wildman–Crippen MR) is 112 cm³/mol. The lowest BCUT2D eigenvalue weighted by Crippen LogP contribution is -2.50. The highest BCUT2D eigenvalue weighted by molar-refractivity contribution is 7.89. The van der Waals surface area contributed by atoms with E-state index in [1.807, 2.05) is 42.5 Å². The number of hydrogen-bond donors (Lipinski definition) is 0. The molecule has 3 rings (SSSR count). The first-order chi connectivity index (χ1) is 14.0. The molecule has 0 radical (unpaired) electrons. The number of para-hydroxylation sites is 1. The topological polar surface area (TPSA) is 66.9 Å². The van der Waals surface area contributed by atoms with Crippen LogP contribution in [-0.2, 0) is 21.2 Å². The molecule has 2 aromatic rings. The van der Waals surface area contributed by atoms with Gasteiger partial charge in [-0.2, -0.15) is 4.31 Å². The molecular formula is C22H28N2O4S. The number of hydrogen-bond acceptors (Lipinski definition) is 4. The summed E-state index contributed by atoms with van der Waals surface area (Å²) in [5.74, 6) is 0.725. The molecule has 1 saturated heterocycles. The average molecular weight is 417 g/mol. The van der Waals surface area contributed by atoms with Gasteiger partial charge in [0.25, 0.3) is 0 Å². The summed E-state index contributed by atoms with van der Waals surface area (Å²) in [7, 11) is -3.53. The molecule has 1 aliphatic rings. The molecule has 0 saturated carbocycles. The van der Waals surface area contributed by atoms with E-state index in [9.17, 15) is 13.2 Å². The van der Waals surface area contributed by atoms with Crippen molar-refractivity contribution in [3.8, 4) is 5.75 Å². The minimum atomic E-state index is -3.53. The Balaban J connectivity index is 1.49. The van der Waals surface area contributed by atoms with Crippen LogP contribution < -0.4 is 4.74 Å². The minimum absolute atomic E-state index is 0.0121. The number of benzene rings is 2. The Morgan fingerprint density at radius 3 is 2.24 bits per heavy atom. The largest absolute Gasteiger partial charge is 0.493 e. The highest BCUT2D eigenvalue weighted by atomic mass is 32.2. The molecule has 0 aromatic heterocycles. The molecule has 29 heavy (non-hydrogen) atoms. The maximum Gasteiger partial charge on any atom is 0.243 e. The van der Waals surface area contributed by atoms with E-state index in [1.54, 1.807) is 17.0 Å². The monoisotopic (exact) mass is 416 g/mol.